The van der Waals surface area contributed by atoms with Gasteiger partial charge < -0.3 is 26.2 Å². The second kappa shape index (κ2) is 22.3. The van der Waals surface area contributed by atoms with Crippen LogP contribution in [0.1, 0.15) is 101 Å². The Hall–Kier alpha value is -5.58. The first-order chi connectivity index (χ1) is 32.1. The van der Waals surface area contributed by atoms with E-state index in [-0.39, 0.29) is 72.3 Å². The zero-order valence-corrected chi connectivity index (χ0v) is 37.7. The first-order valence-electron chi connectivity index (χ1n) is 23.9. The third-order valence-corrected chi connectivity index (χ3v) is 14.1. The van der Waals surface area contributed by atoms with E-state index in [4.69, 9.17) is 0 Å². The van der Waals surface area contributed by atoms with Gasteiger partial charge in [0.25, 0.3) is 17.4 Å². The van der Waals surface area contributed by atoms with Gasteiger partial charge in [-0.1, -0.05) is 43.5 Å². The third kappa shape index (κ3) is 12.1. The van der Waals surface area contributed by atoms with Gasteiger partial charge >= 0.3 is 0 Å². The van der Waals surface area contributed by atoms with Gasteiger partial charge in [-0.15, -0.1) is 0 Å². The molecular weight excluding hydrogens is 845 g/mol. The molecule has 16 heteroatoms. The standard InChI is InChI=1S/C50H63F2N9O5/c51-39-28-37(36-9-6-16-53-30-36)27-38(29-39)47(63)56-46(35-7-2-1-3-8-35)50(66)61-23-21-60(22-24-61)31-33-14-19-59(20-15-33)32-45(62)54-17-18-55-48(64)42-25-34(12-13-43(42)52)26-44-40-10-4-5-11-41(40)49(65)58-57-44/h4-5,10-13,25,27-29,33,35-36,46,53H,1-3,6-9,14-24,26,30-32H2,(H,54,62)(H,55,64)(H,56,63)(H,58,65)/t36?,46-/m1/s1. The summed E-state index contributed by atoms with van der Waals surface area (Å²) in [6.07, 6.45) is 9.10. The molecule has 4 aliphatic rings. The first-order valence-corrected chi connectivity index (χ1v) is 23.9. The monoisotopic (exact) mass is 907 g/mol. The van der Waals surface area contributed by atoms with Crippen LogP contribution in [0, 0.1) is 23.5 Å². The Labute approximate surface area is 384 Å². The minimum absolute atomic E-state index is 0.0387. The second-order valence-electron chi connectivity index (χ2n) is 18.7. The number of amides is 4. The number of fused-ring (bicyclic) bond motifs is 1. The quantitative estimate of drug-likeness (QED) is 0.109. The number of carbonyl (C=O) groups is 4. The summed E-state index contributed by atoms with van der Waals surface area (Å²) in [7, 11) is 0. The summed E-state index contributed by atoms with van der Waals surface area (Å²) in [5.41, 5.74) is 1.95. The third-order valence-electron chi connectivity index (χ3n) is 14.1. The number of piperidine rings is 2. The summed E-state index contributed by atoms with van der Waals surface area (Å²) in [6, 6.07) is 15.4. The fraction of sp³-hybridized carbons (Fsp3) is 0.520. The van der Waals surface area contributed by atoms with E-state index in [0.29, 0.717) is 41.0 Å². The van der Waals surface area contributed by atoms with Crippen LogP contribution in [0.2, 0.25) is 0 Å². The lowest BCUT2D eigenvalue weighted by Crippen LogP contribution is -2.57. The number of carbonyl (C=O) groups excluding carboxylic acids is 4. The Morgan fingerprint density at radius 1 is 0.773 bits per heavy atom. The van der Waals surface area contributed by atoms with Crippen molar-refractivity contribution in [2.24, 2.45) is 11.8 Å². The topological polar surface area (TPSA) is 172 Å². The van der Waals surface area contributed by atoms with Gasteiger partial charge in [0.2, 0.25) is 11.8 Å². The van der Waals surface area contributed by atoms with Crippen LogP contribution in [0.3, 0.4) is 0 Å². The number of halogens is 2. The van der Waals surface area contributed by atoms with E-state index >= 15 is 0 Å². The van der Waals surface area contributed by atoms with Crippen LogP contribution in [-0.2, 0) is 16.0 Å². The zero-order valence-electron chi connectivity index (χ0n) is 37.7. The van der Waals surface area contributed by atoms with Gasteiger partial charge in [0.1, 0.15) is 17.7 Å². The van der Waals surface area contributed by atoms with E-state index in [2.05, 4.69) is 41.3 Å². The molecule has 66 heavy (non-hydrogen) atoms. The maximum absolute atomic E-state index is 14.8. The minimum atomic E-state index is -0.661. The van der Waals surface area contributed by atoms with Gasteiger partial charge in [-0.25, -0.2) is 13.9 Å². The van der Waals surface area contributed by atoms with Gasteiger partial charge in [0.15, 0.2) is 0 Å². The van der Waals surface area contributed by atoms with E-state index in [9.17, 15) is 32.8 Å². The number of hydrogen-bond acceptors (Lipinski definition) is 9. The molecule has 2 atom stereocenters. The molecule has 1 unspecified atom stereocenters. The summed E-state index contributed by atoms with van der Waals surface area (Å²) < 4.78 is 29.6. The highest BCUT2D eigenvalue weighted by Gasteiger charge is 2.36. The average Bonchev–Trinajstić information content (AvgIpc) is 3.34. The molecule has 1 saturated carbocycles. The lowest BCUT2D eigenvalue weighted by Gasteiger charge is -2.40. The number of aromatic nitrogens is 2. The highest BCUT2D eigenvalue weighted by molar-refractivity contribution is 5.98. The van der Waals surface area contributed by atoms with Gasteiger partial charge in [-0.3, -0.25) is 33.8 Å². The van der Waals surface area contributed by atoms with Crippen LogP contribution in [0.5, 0.6) is 0 Å². The molecule has 3 saturated heterocycles. The van der Waals surface area contributed by atoms with Crippen molar-refractivity contribution < 1.29 is 28.0 Å². The predicted molar refractivity (Wildman–Crippen MR) is 248 cm³/mol. The number of benzene rings is 3. The summed E-state index contributed by atoms with van der Waals surface area (Å²) in [4.78, 5) is 72.3. The SMILES string of the molecule is O=C(CN1CCC(CN2CCN(C(=O)[C@H](NC(=O)c3cc(F)cc(C4CCCNC4)c3)C3CCCCC3)CC2)CC1)NCCNC(=O)c1cc(Cc2n[nH]c(=O)c3ccccc23)ccc1F. The van der Waals surface area contributed by atoms with Crippen LogP contribution in [0.15, 0.2) is 65.5 Å². The highest BCUT2D eigenvalue weighted by atomic mass is 19.1. The number of piperazine rings is 1. The molecule has 4 fully saturated rings. The number of H-pyrrole nitrogens is 1. The van der Waals surface area contributed by atoms with E-state index in [1.165, 1.54) is 24.3 Å². The van der Waals surface area contributed by atoms with Crippen molar-refractivity contribution in [1.29, 1.82) is 0 Å². The van der Waals surface area contributed by atoms with Gasteiger partial charge in [-0.2, -0.15) is 5.10 Å². The molecule has 3 aromatic carbocycles. The number of hydrogen-bond donors (Lipinski definition) is 5. The Morgan fingerprint density at radius 2 is 1.53 bits per heavy atom. The van der Waals surface area contributed by atoms with E-state index in [0.717, 1.165) is 109 Å². The fourth-order valence-corrected chi connectivity index (χ4v) is 10.3. The Morgan fingerprint density at radius 3 is 2.29 bits per heavy atom. The lowest BCUT2D eigenvalue weighted by atomic mass is 9.83. The van der Waals surface area contributed by atoms with Gasteiger partial charge in [0.05, 0.1) is 23.2 Å². The molecular formula is C50H63F2N9O5. The second-order valence-corrected chi connectivity index (χ2v) is 18.7. The number of aromatic amines is 1. The van der Waals surface area contributed by atoms with Crippen molar-refractivity contribution in [3.8, 4) is 0 Å². The Balaban J connectivity index is 0.742. The number of rotatable bonds is 15. The molecule has 4 aromatic rings. The lowest BCUT2D eigenvalue weighted by molar-refractivity contribution is -0.137. The largest absolute Gasteiger partial charge is 0.353 e. The van der Waals surface area contributed by atoms with Crippen LogP contribution >= 0.6 is 0 Å². The fourth-order valence-electron chi connectivity index (χ4n) is 10.3. The van der Waals surface area contributed by atoms with Crippen LogP contribution in [-0.4, -0.2) is 133 Å². The normalized spacial score (nSPS) is 19.6. The molecule has 0 bridgehead atoms. The van der Waals surface area contributed by atoms with Crippen molar-refractivity contribution in [2.75, 3.05) is 78.5 Å². The summed E-state index contributed by atoms with van der Waals surface area (Å²) in [6.45, 7) is 7.47. The Kier molecular flexibility index (Phi) is 15.8. The van der Waals surface area contributed by atoms with Crippen molar-refractivity contribution in [2.45, 2.75) is 76.2 Å². The molecule has 3 aliphatic heterocycles. The summed E-state index contributed by atoms with van der Waals surface area (Å²) >= 11 is 0. The van der Waals surface area contributed by atoms with Crippen molar-refractivity contribution in [3.05, 3.63) is 111 Å². The molecule has 4 heterocycles. The average molecular weight is 908 g/mol. The number of nitrogens with one attached hydrogen (secondary N) is 5. The molecule has 352 valence electrons. The molecule has 0 spiro atoms. The number of likely N-dealkylation sites (tertiary alicyclic amines) is 1. The maximum Gasteiger partial charge on any atom is 0.272 e. The molecule has 1 aromatic heterocycles. The van der Waals surface area contributed by atoms with Crippen LogP contribution in [0.4, 0.5) is 8.78 Å². The van der Waals surface area contributed by atoms with Crippen molar-refractivity contribution in [1.82, 2.24) is 46.2 Å². The van der Waals surface area contributed by atoms with Crippen molar-refractivity contribution in [3.63, 3.8) is 0 Å². The smallest absolute Gasteiger partial charge is 0.272 e. The predicted octanol–water partition coefficient (Wildman–Crippen LogP) is 4.34. The molecule has 0 radical (unpaired) electrons. The Bertz CT molecular complexity index is 2400. The van der Waals surface area contributed by atoms with Gasteiger partial charge in [0, 0.05) is 69.7 Å². The van der Waals surface area contributed by atoms with E-state index in [1.807, 2.05) is 11.0 Å². The molecule has 1 aliphatic carbocycles. The first kappa shape index (κ1) is 46.9. The van der Waals surface area contributed by atoms with Crippen LogP contribution in [0.25, 0.3) is 10.8 Å². The zero-order chi connectivity index (χ0) is 46.0. The molecule has 14 nitrogen and oxygen atoms in total. The van der Waals surface area contributed by atoms with Crippen LogP contribution < -0.4 is 26.8 Å². The maximum atomic E-state index is 14.8. The molecule has 5 N–H and O–H groups in total. The minimum Gasteiger partial charge on any atom is -0.353 e. The summed E-state index contributed by atoms with van der Waals surface area (Å²) in [5, 5.41) is 19.9. The van der Waals surface area contributed by atoms with E-state index in [1.54, 1.807) is 30.3 Å². The number of nitrogens with zero attached hydrogens (tertiary/aromatic N) is 4. The summed E-state index contributed by atoms with van der Waals surface area (Å²) in [5.74, 6) is -1.56. The van der Waals surface area contributed by atoms with Crippen molar-refractivity contribution >= 4 is 34.4 Å². The molecule has 4 amide bonds. The van der Waals surface area contributed by atoms with Gasteiger partial charge in [-0.05, 0) is 123 Å². The highest BCUT2D eigenvalue weighted by Crippen LogP contribution is 2.30. The van der Waals surface area contributed by atoms with E-state index < -0.39 is 23.6 Å². The molecule has 8 rings (SSSR count).